The number of halogens is 2. The van der Waals surface area contributed by atoms with Crippen LogP contribution in [0.3, 0.4) is 0 Å². The van der Waals surface area contributed by atoms with Crippen molar-refractivity contribution < 1.29 is 18.1 Å². The zero-order valence-electron chi connectivity index (χ0n) is 15.5. The summed E-state index contributed by atoms with van der Waals surface area (Å²) >= 11 is 12.2. The van der Waals surface area contributed by atoms with Crippen LogP contribution >= 0.6 is 23.2 Å². The lowest BCUT2D eigenvalue weighted by Crippen LogP contribution is -2.13. The lowest BCUT2D eigenvalue weighted by molar-refractivity contribution is -0.385. The minimum absolute atomic E-state index is 0.0270. The molecule has 0 fully saturated rings. The minimum atomic E-state index is -4.14. The fourth-order valence-electron chi connectivity index (χ4n) is 2.52. The number of anilines is 1. The van der Waals surface area contributed by atoms with Crippen molar-refractivity contribution in [1.29, 1.82) is 0 Å². The number of hydrogen-bond donors (Lipinski definition) is 1. The number of nitrogens with one attached hydrogen (secondary N) is 1. The SMILES string of the molecule is Cc1c(Cl)cc(S(=O)(=O)Nc2ccc(OCc3ccccn3)c(Cl)c2)cc1[N+](=O)[O-]. The molecule has 1 N–H and O–H groups in total. The van der Waals surface area contributed by atoms with Gasteiger partial charge in [0.1, 0.15) is 12.4 Å². The van der Waals surface area contributed by atoms with Crippen molar-refractivity contribution in [2.75, 3.05) is 4.72 Å². The van der Waals surface area contributed by atoms with Crippen LogP contribution in [0, 0.1) is 17.0 Å². The monoisotopic (exact) mass is 467 g/mol. The predicted molar refractivity (Wildman–Crippen MR) is 114 cm³/mol. The van der Waals surface area contributed by atoms with Gasteiger partial charge in [0, 0.05) is 17.8 Å². The van der Waals surface area contributed by atoms with Gasteiger partial charge in [0.05, 0.1) is 31.2 Å². The molecule has 2 aromatic carbocycles. The molecule has 0 atom stereocenters. The van der Waals surface area contributed by atoms with Gasteiger partial charge in [-0.25, -0.2) is 8.42 Å². The third-order valence-corrected chi connectivity index (χ3v) is 6.13. The second-order valence-electron chi connectivity index (χ2n) is 6.17. The lowest BCUT2D eigenvalue weighted by Gasteiger charge is -2.12. The molecule has 11 heteroatoms. The second-order valence-corrected chi connectivity index (χ2v) is 8.66. The van der Waals surface area contributed by atoms with Gasteiger partial charge in [-0.1, -0.05) is 29.3 Å². The van der Waals surface area contributed by atoms with Crippen molar-refractivity contribution >= 4 is 44.6 Å². The van der Waals surface area contributed by atoms with Crippen molar-refractivity contribution in [3.8, 4) is 5.75 Å². The van der Waals surface area contributed by atoms with Gasteiger partial charge in [0.25, 0.3) is 15.7 Å². The molecule has 3 aromatic rings. The van der Waals surface area contributed by atoms with Crippen LogP contribution < -0.4 is 9.46 Å². The zero-order valence-corrected chi connectivity index (χ0v) is 17.8. The van der Waals surface area contributed by atoms with Crippen LogP contribution in [0.1, 0.15) is 11.3 Å². The maximum Gasteiger partial charge on any atom is 0.275 e. The Hall–Kier alpha value is -2.88. The fraction of sp³-hybridized carbons (Fsp3) is 0.105. The van der Waals surface area contributed by atoms with E-state index in [1.807, 2.05) is 6.07 Å². The standard InChI is InChI=1S/C19H15Cl2N3O5S/c1-12-16(20)9-15(10-18(12)24(25)26)30(27,28)23-13-5-6-19(17(21)8-13)29-11-14-4-2-3-7-22-14/h2-10,23H,11H2,1H3. The van der Waals surface area contributed by atoms with Crippen LogP contribution in [-0.2, 0) is 16.6 Å². The Balaban J connectivity index is 1.80. The molecule has 1 aromatic heterocycles. The summed E-state index contributed by atoms with van der Waals surface area (Å²) in [7, 11) is -4.14. The number of benzene rings is 2. The molecule has 0 bridgehead atoms. The highest BCUT2D eigenvalue weighted by Crippen LogP contribution is 2.32. The summed E-state index contributed by atoms with van der Waals surface area (Å²) in [6.07, 6.45) is 1.64. The van der Waals surface area contributed by atoms with Crippen LogP contribution in [0.5, 0.6) is 5.75 Å². The largest absolute Gasteiger partial charge is 0.486 e. The molecule has 156 valence electrons. The molecule has 30 heavy (non-hydrogen) atoms. The first-order valence-electron chi connectivity index (χ1n) is 8.47. The molecule has 0 spiro atoms. The summed E-state index contributed by atoms with van der Waals surface area (Å²) < 4.78 is 33.3. The molecule has 0 radical (unpaired) electrons. The van der Waals surface area contributed by atoms with Crippen molar-refractivity contribution in [1.82, 2.24) is 4.98 Å². The normalized spacial score (nSPS) is 11.2. The van der Waals surface area contributed by atoms with E-state index in [0.29, 0.717) is 11.4 Å². The Morgan fingerprint density at radius 1 is 1.13 bits per heavy atom. The van der Waals surface area contributed by atoms with Crippen LogP contribution in [0.15, 0.2) is 59.6 Å². The van der Waals surface area contributed by atoms with Gasteiger partial charge in [0.15, 0.2) is 0 Å². The molecule has 0 aliphatic carbocycles. The molecular weight excluding hydrogens is 453 g/mol. The zero-order chi connectivity index (χ0) is 21.9. The molecule has 0 aliphatic rings. The number of nitrogens with zero attached hydrogens (tertiary/aromatic N) is 2. The molecule has 1 heterocycles. The van der Waals surface area contributed by atoms with Gasteiger partial charge < -0.3 is 4.74 Å². The number of rotatable bonds is 7. The maximum atomic E-state index is 12.7. The van der Waals surface area contributed by atoms with Gasteiger partial charge in [-0.2, -0.15) is 0 Å². The first-order valence-corrected chi connectivity index (χ1v) is 10.7. The van der Waals surface area contributed by atoms with Gasteiger partial charge in [-0.15, -0.1) is 0 Å². The Morgan fingerprint density at radius 2 is 1.90 bits per heavy atom. The molecule has 0 saturated carbocycles. The molecule has 0 aliphatic heterocycles. The number of ether oxygens (including phenoxy) is 1. The topological polar surface area (TPSA) is 111 Å². The first-order chi connectivity index (χ1) is 14.2. The van der Waals surface area contributed by atoms with E-state index in [0.717, 1.165) is 12.1 Å². The minimum Gasteiger partial charge on any atom is -0.486 e. The third kappa shape index (κ3) is 4.99. The van der Waals surface area contributed by atoms with E-state index >= 15 is 0 Å². The number of pyridine rings is 1. The predicted octanol–water partition coefficient (Wildman–Crippen LogP) is 4.98. The molecule has 3 rings (SSSR count). The summed E-state index contributed by atoms with van der Waals surface area (Å²) in [6.45, 7) is 1.63. The van der Waals surface area contributed by atoms with E-state index in [1.165, 1.54) is 25.1 Å². The molecule has 0 unspecified atom stereocenters. The van der Waals surface area contributed by atoms with Crippen molar-refractivity contribution in [2.24, 2.45) is 0 Å². The third-order valence-electron chi connectivity index (χ3n) is 4.08. The van der Waals surface area contributed by atoms with E-state index in [9.17, 15) is 18.5 Å². The fourth-order valence-corrected chi connectivity index (χ4v) is 4.12. The van der Waals surface area contributed by atoms with Crippen molar-refractivity contribution in [2.45, 2.75) is 18.4 Å². The highest BCUT2D eigenvalue weighted by Gasteiger charge is 2.23. The van der Waals surface area contributed by atoms with Crippen molar-refractivity contribution in [3.05, 3.63) is 86.1 Å². The van der Waals surface area contributed by atoms with E-state index in [4.69, 9.17) is 27.9 Å². The summed E-state index contributed by atoms with van der Waals surface area (Å²) in [4.78, 5) is 14.3. The van der Waals surface area contributed by atoms with Crippen LogP contribution in [0.25, 0.3) is 0 Å². The highest BCUT2D eigenvalue weighted by molar-refractivity contribution is 7.92. The Labute approximate surface area is 182 Å². The molecule has 0 amide bonds. The summed E-state index contributed by atoms with van der Waals surface area (Å²) in [5.74, 6) is 0.347. The Morgan fingerprint density at radius 3 is 2.53 bits per heavy atom. The summed E-state index contributed by atoms with van der Waals surface area (Å²) in [5.41, 5.74) is 0.651. The van der Waals surface area contributed by atoms with Gasteiger partial charge in [0.2, 0.25) is 0 Å². The lowest BCUT2D eigenvalue weighted by atomic mass is 10.2. The van der Waals surface area contributed by atoms with E-state index in [2.05, 4.69) is 9.71 Å². The van der Waals surface area contributed by atoms with Gasteiger partial charge in [-0.3, -0.25) is 19.8 Å². The molecule has 0 saturated heterocycles. The number of hydrogen-bond acceptors (Lipinski definition) is 6. The summed E-state index contributed by atoms with van der Waals surface area (Å²) in [6, 6.07) is 11.8. The first kappa shape index (κ1) is 21.8. The highest BCUT2D eigenvalue weighted by atomic mass is 35.5. The van der Waals surface area contributed by atoms with Crippen molar-refractivity contribution in [3.63, 3.8) is 0 Å². The van der Waals surface area contributed by atoms with Crippen LogP contribution in [-0.4, -0.2) is 18.3 Å². The van der Waals surface area contributed by atoms with Crippen LogP contribution in [0.2, 0.25) is 10.0 Å². The molecular formula is C19H15Cl2N3O5S. The number of nitro benzene ring substituents is 1. The number of sulfonamides is 1. The number of aromatic nitrogens is 1. The average Bonchev–Trinajstić information content (AvgIpc) is 2.69. The maximum absolute atomic E-state index is 12.7. The van der Waals surface area contributed by atoms with E-state index in [-0.39, 0.29) is 38.5 Å². The van der Waals surface area contributed by atoms with Gasteiger partial charge in [-0.05, 0) is 43.3 Å². The smallest absolute Gasteiger partial charge is 0.275 e. The molecule has 8 nitrogen and oxygen atoms in total. The quantitative estimate of drug-likeness (QED) is 0.387. The Bertz CT molecular complexity index is 1200. The van der Waals surface area contributed by atoms with E-state index < -0.39 is 14.9 Å². The second kappa shape index (κ2) is 8.86. The summed E-state index contributed by atoms with van der Waals surface area (Å²) in [5, 5.41) is 11.3. The van der Waals surface area contributed by atoms with E-state index in [1.54, 1.807) is 18.3 Å². The van der Waals surface area contributed by atoms with Crippen LogP contribution in [0.4, 0.5) is 11.4 Å². The average molecular weight is 468 g/mol. The Kier molecular flexibility index (Phi) is 6.45. The number of nitro groups is 1. The van der Waals surface area contributed by atoms with Gasteiger partial charge >= 0.3 is 0 Å².